The third-order valence-corrected chi connectivity index (χ3v) is 4.74. The Bertz CT molecular complexity index is 854. The summed E-state index contributed by atoms with van der Waals surface area (Å²) in [6, 6.07) is -0.705. The second-order valence-electron chi connectivity index (χ2n) is 6.18. The van der Waals surface area contributed by atoms with Gasteiger partial charge in [0.25, 0.3) is 6.01 Å². The van der Waals surface area contributed by atoms with Crippen LogP contribution in [0.2, 0.25) is 0 Å². The summed E-state index contributed by atoms with van der Waals surface area (Å²) in [5.41, 5.74) is 6.39. The van der Waals surface area contributed by atoms with Gasteiger partial charge in [-0.3, -0.25) is 9.13 Å². The van der Waals surface area contributed by atoms with Crippen LogP contribution in [0.15, 0.2) is 0 Å². The minimum Gasteiger partial charge on any atom is -0.480 e. The first-order chi connectivity index (χ1) is 12.8. The average molecular weight is 403 g/mol. The highest BCUT2D eigenvalue weighted by molar-refractivity contribution is 7.51. The Morgan fingerprint density at radius 2 is 2.04 bits per heavy atom. The number of hydrogen-bond acceptors (Lipinski definition) is 9. The number of methoxy groups -OCH3 is 1. The fraction of sp³-hybridized carbons (Fsp3) is 0.643. The highest BCUT2D eigenvalue weighted by atomic mass is 31.2. The molecule has 0 spiro atoms. The largest absolute Gasteiger partial charge is 0.480 e. The highest BCUT2D eigenvalue weighted by Crippen LogP contribution is 2.41. The summed E-state index contributed by atoms with van der Waals surface area (Å²) < 4.78 is 28.3. The summed E-state index contributed by atoms with van der Waals surface area (Å²) in [4.78, 5) is 30.4. The smallest absolute Gasteiger partial charge is 0.350 e. The van der Waals surface area contributed by atoms with Gasteiger partial charge in [-0.2, -0.15) is 15.0 Å². The Balaban J connectivity index is 1.92. The van der Waals surface area contributed by atoms with Gasteiger partial charge in [0.2, 0.25) is 0 Å². The zero-order valence-electron chi connectivity index (χ0n) is 14.7. The maximum absolute atomic E-state index is 11.1. The summed E-state index contributed by atoms with van der Waals surface area (Å²) in [6.07, 6.45) is 0.767. The fourth-order valence-electron chi connectivity index (χ4n) is 3.14. The van der Waals surface area contributed by atoms with Crippen molar-refractivity contribution in [1.29, 1.82) is 0 Å². The molecular formula is C14H22N5O7P. The molecule has 2 unspecified atom stereocenters. The fourth-order valence-corrected chi connectivity index (χ4v) is 3.52. The molecule has 3 rings (SSSR count). The van der Waals surface area contributed by atoms with Crippen molar-refractivity contribution < 1.29 is 33.7 Å². The molecule has 0 bridgehead atoms. The molecule has 27 heavy (non-hydrogen) atoms. The monoisotopic (exact) mass is 403 g/mol. The van der Waals surface area contributed by atoms with Gasteiger partial charge >= 0.3 is 13.6 Å². The Hall–Kier alpha value is -1.98. The molecule has 0 saturated heterocycles. The summed E-state index contributed by atoms with van der Waals surface area (Å²) in [5, 5.41) is 10.3. The third kappa shape index (κ3) is 4.47. The van der Waals surface area contributed by atoms with Crippen LogP contribution in [0.3, 0.4) is 0 Å². The summed E-state index contributed by atoms with van der Waals surface area (Å²) in [6.45, 7) is 0.561. The van der Waals surface area contributed by atoms with Crippen LogP contribution < -0.4 is 10.5 Å². The number of rotatable bonds is 8. The average Bonchev–Trinajstić information content (AvgIpc) is 3.16. The Morgan fingerprint density at radius 3 is 2.74 bits per heavy atom. The molecule has 1 fully saturated rings. The lowest BCUT2D eigenvalue weighted by Crippen LogP contribution is -2.22. The van der Waals surface area contributed by atoms with E-state index in [1.54, 1.807) is 0 Å². The van der Waals surface area contributed by atoms with Crippen molar-refractivity contribution in [2.75, 3.05) is 32.4 Å². The van der Waals surface area contributed by atoms with Crippen LogP contribution >= 0.6 is 7.60 Å². The molecule has 12 nitrogen and oxygen atoms in total. The van der Waals surface area contributed by atoms with E-state index >= 15 is 0 Å². The summed E-state index contributed by atoms with van der Waals surface area (Å²) >= 11 is 0. The highest BCUT2D eigenvalue weighted by Gasteiger charge is 2.35. The van der Waals surface area contributed by atoms with Gasteiger partial charge in [-0.1, -0.05) is 0 Å². The molecule has 1 aliphatic rings. The third-order valence-electron chi connectivity index (χ3n) is 4.25. The standard InChI is InChI=1S/C14H22N5O7P/c1-24-5-6-25-13-17-11(15)10-12(18-13)19(14(20)16-10)8-3-2-4-9(8)26-7-27(21,22)23/h8-9H,2-7H2,1H3,(H,16,20)(H2,15,17,18)(H2,21,22,23). The van der Waals surface area contributed by atoms with Crippen molar-refractivity contribution in [1.82, 2.24) is 19.5 Å². The lowest BCUT2D eigenvalue weighted by atomic mass is 10.2. The molecular weight excluding hydrogens is 381 g/mol. The number of hydrogen-bond donors (Lipinski definition) is 4. The van der Waals surface area contributed by atoms with Crippen LogP contribution in [0.1, 0.15) is 25.3 Å². The maximum Gasteiger partial charge on any atom is 0.350 e. The molecule has 2 heterocycles. The first-order valence-corrected chi connectivity index (χ1v) is 10.1. The van der Waals surface area contributed by atoms with Crippen LogP contribution in [0.5, 0.6) is 12.0 Å². The van der Waals surface area contributed by atoms with Crippen LogP contribution in [0.4, 0.5) is 5.82 Å². The second kappa shape index (κ2) is 7.95. The molecule has 1 aliphatic carbocycles. The van der Waals surface area contributed by atoms with E-state index in [4.69, 9.17) is 29.7 Å². The van der Waals surface area contributed by atoms with Crippen LogP contribution in [-0.2, 0) is 14.0 Å². The van der Waals surface area contributed by atoms with Gasteiger partial charge in [-0.15, -0.1) is 0 Å². The van der Waals surface area contributed by atoms with Gasteiger partial charge in [-0.25, -0.2) is 0 Å². The molecule has 5 N–H and O–H groups in total. The van der Waals surface area contributed by atoms with Gasteiger partial charge < -0.3 is 34.8 Å². The number of ether oxygens (including phenoxy) is 3. The van der Waals surface area contributed by atoms with E-state index in [9.17, 15) is 9.67 Å². The van der Waals surface area contributed by atoms with E-state index in [1.165, 1.54) is 11.7 Å². The number of nitrogens with zero attached hydrogens (tertiary/aromatic N) is 4. The number of nitrogen functional groups attached to an aromatic ring is 1. The van der Waals surface area contributed by atoms with Crippen LogP contribution in [0.25, 0.3) is 11.2 Å². The minimum atomic E-state index is -4.30. The van der Waals surface area contributed by atoms with Crippen LogP contribution in [0, 0.1) is 0 Å². The predicted octanol–water partition coefficient (Wildman–Crippen LogP) is 0.385. The molecule has 0 aliphatic heterocycles. The number of anilines is 1. The van der Waals surface area contributed by atoms with E-state index < -0.39 is 26.1 Å². The van der Waals surface area contributed by atoms with Gasteiger partial charge in [-0.05, 0) is 19.3 Å². The first kappa shape index (κ1) is 19.8. The number of imidazole rings is 1. The molecule has 2 aromatic rings. The summed E-state index contributed by atoms with van der Waals surface area (Å²) in [5.74, 6) is 0.0483. The number of fused-ring (bicyclic) bond motifs is 1. The molecule has 0 aromatic carbocycles. The van der Waals surface area contributed by atoms with E-state index in [0.29, 0.717) is 19.4 Å². The molecule has 2 atom stereocenters. The Kier molecular flexibility index (Phi) is 5.82. The van der Waals surface area contributed by atoms with Gasteiger partial charge in [0, 0.05) is 7.11 Å². The normalized spacial score (nSPS) is 20.4. The van der Waals surface area contributed by atoms with Gasteiger partial charge in [0.1, 0.15) is 13.0 Å². The zero-order chi connectivity index (χ0) is 19.6. The molecule has 13 heteroatoms. The van der Waals surface area contributed by atoms with Crippen LogP contribution in [-0.4, -0.2) is 67.2 Å². The lowest BCUT2D eigenvalue weighted by molar-refractivity contribution is 0.0501. The van der Waals surface area contributed by atoms with Crippen molar-refractivity contribution in [2.24, 2.45) is 0 Å². The molecule has 150 valence electrons. The van der Waals surface area contributed by atoms with Crippen molar-refractivity contribution in [3.05, 3.63) is 0 Å². The topological polar surface area (TPSA) is 175 Å². The van der Waals surface area contributed by atoms with E-state index in [2.05, 4.69) is 15.0 Å². The van der Waals surface area contributed by atoms with E-state index in [0.717, 1.165) is 6.42 Å². The quantitative estimate of drug-likeness (QED) is 0.354. The Labute approximate surface area is 154 Å². The SMILES string of the molecule is COCCOc1nc(N)c2nc(O)n(C3CCCC3OCP(=O)(O)O)c2n1. The van der Waals surface area contributed by atoms with Crippen molar-refractivity contribution in [3.63, 3.8) is 0 Å². The first-order valence-electron chi connectivity index (χ1n) is 8.32. The van der Waals surface area contributed by atoms with Gasteiger partial charge in [0.05, 0.1) is 18.8 Å². The molecule has 0 amide bonds. The van der Waals surface area contributed by atoms with Crippen molar-refractivity contribution in [3.8, 4) is 12.0 Å². The molecule has 2 aromatic heterocycles. The minimum absolute atomic E-state index is 0.0175. The summed E-state index contributed by atoms with van der Waals surface area (Å²) in [7, 11) is -2.77. The van der Waals surface area contributed by atoms with E-state index in [-0.39, 0.29) is 35.6 Å². The number of aromatic nitrogens is 4. The van der Waals surface area contributed by atoms with Crippen molar-refractivity contribution >= 4 is 24.6 Å². The number of nitrogens with two attached hydrogens (primary N) is 1. The second-order valence-corrected chi connectivity index (χ2v) is 7.77. The molecule has 0 radical (unpaired) electrons. The number of aromatic hydroxyl groups is 1. The molecule has 1 saturated carbocycles. The van der Waals surface area contributed by atoms with Gasteiger partial charge in [0.15, 0.2) is 17.0 Å². The Morgan fingerprint density at radius 1 is 1.26 bits per heavy atom. The maximum atomic E-state index is 11.1. The zero-order valence-corrected chi connectivity index (χ0v) is 15.6. The lowest BCUT2D eigenvalue weighted by Gasteiger charge is -2.22. The van der Waals surface area contributed by atoms with E-state index in [1.807, 2.05) is 0 Å². The predicted molar refractivity (Wildman–Crippen MR) is 93.4 cm³/mol. The van der Waals surface area contributed by atoms with Crippen molar-refractivity contribution in [2.45, 2.75) is 31.4 Å².